The van der Waals surface area contributed by atoms with E-state index in [9.17, 15) is 4.79 Å². The van der Waals surface area contributed by atoms with E-state index in [0.29, 0.717) is 12.0 Å². The van der Waals surface area contributed by atoms with Gasteiger partial charge in [0.2, 0.25) is 5.91 Å². The molecular weight excluding hydrogens is 324 g/mol. The summed E-state index contributed by atoms with van der Waals surface area (Å²) in [6.07, 6.45) is 6.28. The first-order chi connectivity index (χ1) is 12.5. The van der Waals surface area contributed by atoms with Crippen molar-refractivity contribution in [3.63, 3.8) is 0 Å². The lowest BCUT2D eigenvalue weighted by Crippen LogP contribution is -2.44. The zero-order chi connectivity index (χ0) is 18.3. The number of fused-ring (bicyclic) bond motifs is 4. The van der Waals surface area contributed by atoms with Gasteiger partial charge in [-0.3, -0.25) is 9.69 Å². The van der Waals surface area contributed by atoms with Gasteiger partial charge in [-0.05, 0) is 61.4 Å². The van der Waals surface area contributed by atoms with Gasteiger partial charge in [-0.2, -0.15) is 5.10 Å². The van der Waals surface area contributed by atoms with Crippen molar-refractivity contribution in [2.45, 2.75) is 46.2 Å². The molecule has 1 aromatic heterocycles. The highest BCUT2D eigenvalue weighted by Gasteiger charge is 2.36. The summed E-state index contributed by atoms with van der Waals surface area (Å²) in [4.78, 5) is 16.6. The summed E-state index contributed by atoms with van der Waals surface area (Å²) in [7, 11) is 0. The van der Waals surface area contributed by atoms with Crippen LogP contribution in [0.3, 0.4) is 0 Å². The largest absolute Gasteiger partial charge is 0.341 e. The molecule has 5 rings (SSSR count). The molecule has 138 valence electrons. The zero-order valence-electron chi connectivity index (χ0n) is 16.0. The molecule has 2 bridgehead atoms. The third-order valence-corrected chi connectivity index (χ3v) is 5.98. The third kappa shape index (κ3) is 3.28. The highest BCUT2D eigenvalue weighted by molar-refractivity contribution is 5.73. The van der Waals surface area contributed by atoms with Crippen molar-refractivity contribution in [1.82, 2.24) is 19.6 Å². The number of carbonyl (C=O) groups excluding carboxylic acids is 1. The molecule has 0 unspecified atom stereocenters. The van der Waals surface area contributed by atoms with Crippen molar-refractivity contribution in [3.05, 3.63) is 47.3 Å². The third-order valence-electron chi connectivity index (χ3n) is 5.98. The molecule has 3 aliphatic rings. The van der Waals surface area contributed by atoms with Crippen LogP contribution in [0, 0.1) is 19.8 Å². The molecule has 3 saturated heterocycles. The molecule has 3 aliphatic heterocycles. The lowest BCUT2D eigenvalue weighted by atomic mass is 9.93. The van der Waals surface area contributed by atoms with Crippen LogP contribution in [0.1, 0.15) is 36.5 Å². The van der Waals surface area contributed by atoms with Crippen molar-refractivity contribution >= 4 is 5.91 Å². The number of rotatable bonds is 3. The Morgan fingerprint density at radius 1 is 1.19 bits per heavy atom. The SMILES string of the molecule is CC(=O)N1C[C@@H]2CC[C@H](C1)N(Cc1c(C)cc(C)cc1-n1cccn1)C2. The summed E-state index contributed by atoms with van der Waals surface area (Å²) >= 11 is 0. The molecular formula is C21H28N4O. The molecule has 0 saturated carbocycles. The number of piperidine rings is 1. The van der Waals surface area contributed by atoms with Crippen molar-refractivity contribution in [2.24, 2.45) is 5.92 Å². The van der Waals surface area contributed by atoms with Crippen LogP contribution in [0.4, 0.5) is 0 Å². The van der Waals surface area contributed by atoms with Crippen molar-refractivity contribution < 1.29 is 4.79 Å². The average molecular weight is 352 g/mol. The second-order valence-electron chi connectivity index (χ2n) is 7.98. The van der Waals surface area contributed by atoms with E-state index in [1.54, 1.807) is 6.92 Å². The number of hydrogen-bond donors (Lipinski definition) is 0. The number of benzene rings is 1. The van der Waals surface area contributed by atoms with Crippen LogP contribution in [-0.4, -0.2) is 51.2 Å². The van der Waals surface area contributed by atoms with Crippen LogP contribution >= 0.6 is 0 Å². The van der Waals surface area contributed by atoms with Crippen LogP contribution in [0.25, 0.3) is 5.69 Å². The Morgan fingerprint density at radius 3 is 2.77 bits per heavy atom. The van der Waals surface area contributed by atoms with Gasteiger partial charge in [-0.15, -0.1) is 0 Å². The number of carbonyl (C=O) groups is 1. The van der Waals surface area contributed by atoms with E-state index in [0.717, 1.165) is 26.2 Å². The van der Waals surface area contributed by atoms with Crippen molar-refractivity contribution in [3.8, 4) is 5.69 Å². The van der Waals surface area contributed by atoms with Crippen LogP contribution in [0.2, 0.25) is 0 Å². The summed E-state index contributed by atoms with van der Waals surface area (Å²) in [5.74, 6) is 0.809. The monoisotopic (exact) mass is 352 g/mol. The number of hydrogen-bond acceptors (Lipinski definition) is 3. The van der Waals surface area contributed by atoms with Gasteiger partial charge in [-0.25, -0.2) is 4.68 Å². The van der Waals surface area contributed by atoms with E-state index in [4.69, 9.17) is 0 Å². The molecule has 0 radical (unpaired) electrons. The predicted molar refractivity (Wildman–Crippen MR) is 102 cm³/mol. The summed E-state index contributed by atoms with van der Waals surface area (Å²) < 4.78 is 1.98. The van der Waals surface area contributed by atoms with Crippen LogP contribution in [0.5, 0.6) is 0 Å². The molecule has 0 aliphatic carbocycles. The van der Waals surface area contributed by atoms with E-state index < -0.39 is 0 Å². The predicted octanol–water partition coefficient (Wildman–Crippen LogP) is 2.93. The summed E-state index contributed by atoms with van der Waals surface area (Å²) in [6.45, 7) is 9.84. The molecule has 5 nitrogen and oxygen atoms in total. The van der Waals surface area contributed by atoms with Crippen molar-refractivity contribution in [1.29, 1.82) is 0 Å². The second kappa shape index (κ2) is 6.88. The lowest BCUT2D eigenvalue weighted by Gasteiger charge is -2.36. The van der Waals surface area contributed by atoms with Gasteiger partial charge in [0, 0.05) is 51.5 Å². The number of aromatic nitrogens is 2. The number of nitrogens with zero attached hydrogens (tertiary/aromatic N) is 4. The van der Waals surface area contributed by atoms with E-state index in [1.165, 1.54) is 35.2 Å². The van der Waals surface area contributed by atoms with Crippen LogP contribution in [0.15, 0.2) is 30.6 Å². The summed E-state index contributed by atoms with van der Waals surface area (Å²) in [5.41, 5.74) is 5.10. The quantitative estimate of drug-likeness (QED) is 0.853. The molecule has 1 aromatic carbocycles. The van der Waals surface area contributed by atoms with E-state index in [1.807, 2.05) is 23.1 Å². The first kappa shape index (κ1) is 17.3. The first-order valence-corrected chi connectivity index (χ1v) is 9.61. The molecule has 2 atom stereocenters. The maximum atomic E-state index is 11.9. The smallest absolute Gasteiger partial charge is 0.219 e. The molecule has 5 heteroatoms. The fourth-order valence-corrected chi connectivity index (χ4v) is 4.63. The highest BCUT2D eigenvalue weighted by atomic mass is 16.2. The van der Waals surface area contributed by atoms with Crippen molar-refractivity contribution in [2.75, 3.05) is 19.6 Å². The molecule has 4 heterocycles. The molecule has 2 aromatic rings. The molecule has 3 fully saturated rings. The molecule has 0 spiro atoms. The van der Waals surface area contributed by atoms with Gasteiger partial charge >= 0.3 is 0 Å². The van der Waals surface area contributed by atoms with Gasteiger partial charge in [0.05, 0.1) is 5.69 Å². The minimum Gasteiger partial charge on any atom is -0.341 e. The topological polar surface area (TPSA) is 41.4 Å². The second-order valence-corrected chi connectivity index (χ2v) is 7.98. The maximum Gasteiger partial charge on any atom is 0.219 e. The molecule has 0 N–H and O–H groups in total. The van der Waals surface area contributed by atoms with Gasteiger partial charge in [0.1, 0.15) is 0 Å². The van der Waals surface area contributed by atoms with Gasteiger partial charge in [0.15, 0.2) is 0 Å². The Hall–Kier alpha value is -2.14. The van der Waals surface area contributed by atoms with Gasteiger partial charge in [0.25, 0.3) is 0 Å². The highest BCUT2D eigenvalue weighted by Crippen LogP contribution is 2.31. The molecule has 26 heavy (non-hydrogen) atoms. The normalized spacial score (nSPS) is 23.3. The van der Waals surface area contributed by atoms with Gasteiger partial charge < -0.3 is 4.90 Å². The first-order valence-electron chi connectivity index (χ1n) is 9.61. The molecule has 1 amide bonds. The van der Waals surface area contributed by atoms with Gasteiger partial charge in [-0.1, -0.05) is 6.07 Å². The summed E-state index contributed by atoms with van der Waals surface area (Å²) in [6, 6.07) is 6.93. The van der Waals surface area contributed by atoms with Crippen LogP contribution < -0.4 is 0 Å². The Balaban J connectivity index is 1.65. The Morgan fingerprint density at radius 2 is 2.04 bits per heavy atom. The standard InChI is InChI=1S/C21H28N4O/c1-15-9-16(2)20(21(10-15)25-8-4-7-22-25)14-24-12-18-5-6-19(24)13-23(11-18)17(3)26/h4,7-10,18-19H,5-6,11-14H2,1-3H3/t18-,19+/m0/s1. The van der Waals surface area contributed by atoms with E-state index in [2.05, 4.69) is 40.9 Å². The number of amides is 1. The van der Waals surface area contributed by atoms with E-state index in [-0.39, 0.29) is 5.91 Å². The van der Waals surface area contributed by atoms with Crippen LogP contribution in [-0.2, 0) is 11.3 Å². The fourth-order valence-electron chi connectivity index (χ4n) is 4.63. The number of aryl methyl sites for hydroxylation is 2. The average Bonchev–Trinajstić information content (AvgIpc) is 2.97. The minimum atomic E-state index is 0.215. The Labute approximate surface area is 155 Å². The Bertz CT molecular complexity index is 799. The zero-order valence-corrected chi connectivity index (χ0v) is 16.0. The Kier molecular flexibility index (Phi) is 4.57. The minimum absolute atomic E-state index is 0.215. The maximum absolute atomic E-state index is 11.9. The fraction of sp³-hybridized carbons (Fsp3) is 0.524. The summed E-state index contributed by atoms with van der Waals surface area (Å²) in [5, 5.41) is 4.47. The lowest BCUT2D eigenvalue weighted by molar-refractivity contribution is -0.129. The van der Waals surface area contributed by atoms with E-state index >= 15 is 0 Å².